The van der Waals surface area contributed by atoms with E-state index in [1.165, 1.54) is 12.5 Å². The van der Waals surface area contributed by atoms with Crippen LogP contribution in [0.15, 0.2) is 11.6 Å². The smallest absolute Gasteiger partial charge is 0.302 e. The van der Waals surface area contributed by atoms with E-state index < -0.39 is 11.7 Å². The summed E-state index contributed by atoms with van der Waals surface area (Å²) >= 11 is 0. The van der Waals surface area contributed by atoms with Crippen LogP contribution in [0.25, 0.3) is 0 Å². The van der Waals surface area contributed by atoms with Crippen molar-refractivity contribution in [3.05, 3.63) is 11.6 Å². The molecule has 0 aromatic rings. The summed E-state index contributed by atoms with van der Waals surface area (Å²) in [6.45, 7) is 17.0. The third-order valence-electron chi connectivity index (χ3n) is 13.5. The number of esters is 1. The average molecular weight is 577 g/mol. The second-order valence-electron chi connectivity index (χ2n) is 16.0. The molecule has 0 aromatic heterocycles. The van der Waals surface area contributed by atoms with Crippen molar-refractivity contribution in [2.45, 2.75) is 137 Å². The van der Waals surface area contributed by atoms with Crippen molar-refractivity contribution >= 4 is 5.97 Å². The fraction of sp³-hybridized carbons (Fsp3) is 0.912. The molecule has 0 spiro atoms. The van der Waals surface area contributed by atoms with Crippen LogP contribution in [0.3, 0.4) is 0 Å². The Balaban J connectivity index is 1.50. The highest BCUT2D eigenvalue weighted by atomic mass is 16.7. The third kappa shape index (κ3) is 4.50. The van der Waals surface area contributed by atoms with Crippen molar-refractivity contribution in [2.24, 2.45) is 45.3 Å². The molecule has 1 heterocycles. The van der Waals surface area contributed by atoms with Crippen LogP contribution in [0.2, 0.25) is 0 Å². The number of carbonyl (C=O) groups is 1. The van der Waals surface area contributed by atoms with E-state index >= 15 is 0 Å². The average Bonchev–Trinajstić information content (AvgIpc) is 3.48. The summed E-state index contributed by atoms with van der Waals surface area (Å²) in [6.07, 6.45) is 6.74. The van der Waals surface area contributed by atoms with Gasteiger partial charge in [0, 0.05) is 32.5 Å². The molecule has 4 aliphatic carbocycles. The summed E-state index contributed by atoms with van der Waals surface area (Å²) in [4.78, 5) is 12.6. The highest BCUT2D eigenvalue weighted by Crippen LogP contribution is 2.74. The lowest BCUT2D eigenvalue weighted by Gasteiger charge is -2.68. The number of aliphatic hydroxyl groups excluding tert-OH is 2. The number of allylic oxidation sites excluding steroid dienone is 1. The first-order valence-corrected chi connectivity index (χ1v) is 16.0. The van der Waals surface area contributed by atoms with Crippen molar-refractivity contribution in [2.75, 3.05) is 14.2 Å². The van der Waals surface area contributed by atoms with Gasteiger partial charge >= 0.3 is 5.97 Å². The summed E-state index contributed by atoms with van der Waals surface area (Å²) in [5.41, 5.74) is 0.171. The Morgan fingerprint density at radius 3 is 2.37 bits per heavy atom. The fourth-order valence-electron chi connectivity index (χ4n) is 11.0. The molecule has 5 rings (SSSR count). The molecule has 7 nitrogen and oxygen atoms in total. The minimum Gasteiger partial charge on any atom is -0.462 e. The van der Waals surface area contributed by atoms with Crippen LogP contribution in [0.1, 0.15) is 100 Å². The largest absolute Gasteiger partial charge is 0.462 e. The summed E-state index contributed by atoms with van der Waals surface area (Å²) in [6, 6.07) is 0. The van der Waals surface area contributed by atoms with E-state index in [2.05, 4.69) is 40.7 Å². The Labute approximate surface area is 247 Å². The van der Waals surface area contributed by atoms with Gasteiger partial charge in [0.15, 0.2) is 6.29 Å². The molecule has 5 aliphatic rings. The maximum absolute atomic E-state index is 12.6. The van der Waals surface area contributed by atoms with Gasteiger partial charge < -0.3 is 29.2 Å². The summed E-state index contributed by atoms with van der Waals surface area (Å²) in [5, 5.41) is 22.2. The van der Waals surface area contributed by atoms with E-state index in [-0.39, 0.29) is 64.1 Å². The van der Waals surface area contributed by atoms with Gasteiger partial charge in [0.25, 0.3) is 0 Å². The Morgan fingerprint density at radius 1 is 1.07 bits per heavy atom. The van der Waals surface area contributed by atoms with Crippen molar-refractivity contribution in [3.8, 4) is 0 Å². The second-order valence-corrected chi connectivity index (χ2v) is 16.0. The number of aliphatic hydroxyl groups is 2. The first kappa shape index (κ1) is 31.4. The number of fused-ring (bicyclic) bond motifs is 5. The molecule has 0 radical (unpaired) electrons. The highest BCUT2D eigenvalue weighted by molar-refractivity contribution is 5.66. The molecule has 0 bridgehead atoms. The van der Waals surface area contributed by atoms with Gasteiger partial charge in [-0.2, -0.15) is 0 Å². The Hall–Kier alpha value is -0.990. The lowest BCUT2D eigenvalue weighted by atomic mass is 9.37. The van der Waals surface area contributed by atoms with Crippen molar-refractivity contribution < 1.29 is 34.0 Å². The van der Waals surface area contributed by atoms with Gasteiger partial charge in [-0.3, -0.25) is 4.79 Å². The molecule has 0 aromatic carbocycles. The van der Waals surface area contributed by atoms with Crippen LogP contribution < -0.4 is 0 Å². The molecular formula is C34H56O7. The molecule has 2 N–H and O–H groups in total. The zero-order valence-corrected chi connectivity index (χ0v) is 27.2. The van der Waals surface area contributed by atoms with Gasteiger partial charge in [0.2, 0.25) is 0 Å². The van der Waals surface area contributed by atoms with Gasteiger partial charge in [0.05, 0.1) is 17.8 Å². The lowest BCUT2D eigenvalue weighted by Crippen LogP contribution is -2.66. The fourth-order valence-corrected chi connectivity index (χ4v) is 11.0. The number of methoxy groups -OCH3 is 2. The summed E-state index contributed by atoms with van der Waals surface area (Å²) in [7, 11) is 3.33. The second kappa shape index (κ2) is 10.3. The SMILES string of the molecule is CO[C@@H]1O[C@@H]([C@H](O)C(C)(C)OC)C[C@H]1[C@@H]1CC=C2[C@@]3(C)[C@H](CC[C@]21C)[C@@]1(C)CC[C@@H](O)C(C)(C)[C@@H]1C[C@H]3OC(C)=O. The van der Waals surface area contributed by atoms with Gasteiger partial charge in [-0.1, -0.05) is 46.3 Å². The van der Waals surface area contributed by atoms with Crippen molar-refractivity contribution in [1.82, 2.24) is 0 Å². The zero-order chi connectivity index (χ0) is 30.3. The maximum Gasteiger partial charge on any atom is 0.302 e. The van der Waals surface area contributed by atoms with E-state index in [1.54, 1.807) is 14.2 Å². The van der Waals surface area contributed by atoms with Crippen LogP contribution in [-0.4, -0.2) is 66.7 Å². The predicted octanol–water partition coefficient (Wildman–Crippen LogP) is 5.66. The van der Waals surface area contributed by atoms with Crippen LogP contribution >= 0.6 is 0 Å². The van der Waals surface area contributed by atoms with Crippen LogP contribution in [-0.2, 0) is 23.7 Å². The minimum absolute atomic E-state index is 0.0564. The van der Waals surface area contributed by atoms with E-state index in [9.17, 15) is 15.0 Å². The molecule has 1 aliphatic heterocycles. The van der Waals surface area contributed by atoms with Crippen LogP contribution in [0.4, 0.5) is 0 Å². The molecule has 3 saturated carbocycles. The van der Waals surface area contributed by atoms with E-state index in [4.69, 9.17) is 18.9 Å². The number of hydrogen-bond donors (Lipinski definition) is 2. The van der Waals surface area contributed by atoms with Crippen molar-refractivity contribution in [1.29, 1.82) is 0 Å². The number of ether oxygens (including phenoxy) is 4. The number of rotatable bonds is 6. The summed E-state index contributed by atoms with van der Waals surface area (Å²) in [5.74, 6) is 0.843. The van der Waals surface area contributed by atoms with E-state index in [0.29, 0.717) is 18.3 Å². The van der Waals surface area contributed by atoms with E-state index in [0.717, 1.165) is 38.5 Å². The topological polar surface area (TPSA) is 94.5 Å². The first-order chi connectivity index (χ1) is 19.0. The number of carbonyl (C=O) groups excluding carboxylic acids is 1. The quantitative estimate of drug-likeness (QED) is 0.311. The molecule has 1 saturated heterocycles. The van der Waals surface area contributed by atoms with E-state index in [1.807, 2.05) is 13.8 Å². The molecule has 41 heavy (non-hydrogen) atoms. The predicted molar refractivity (Wildman–Crippen MR) is 157 cm³/mol. The Kier molecular flexibility index (Phi) is 7.89. The maximum atomic E-state index is 12.6. The lowest BCUT2D eigenvalue weighted by molar-refractivity contribution is -0.223. The molecular weight excluding hydrogens is 520 g/mol. The molecule has 0 unspecified atom stereocenters. The van der Waals surface area contributed by atoms with Gasteiger partial charge in [-0.15, -0.1) is 0 Å². The first-order valence-electron chi connectivity index (χ1n) is 16.0. The third-order valence-corrected chi connectivity index (χ3v) is 13.5. The normalized spacial score (nSPS) is 48.0. The zero-order valence-electron chi connectivity index (χ0n) is 27.2. The standard InChI is InChI=1S/C34H56O7/c1-19(35)40-27-18-25-30(2,3)26(36)14-16-33(25,7)24-13-15-32(6)21(11-12-23(32)34(24,27)8)20-17-22(41-29(20)38-9)28(37)31(4,5)39-10/h12,20-22,24-29,36-37H,11,13-18H2,1-10H3/t20-,21-,22+,24+,25-,26+,27+,28-,29+,32-,33+,34-/m0/s1. The molecule has 234 valence electrons. The van der Waals surface area contributed by atoms with Gasteiger partial charge in [-0.05, 0) is 92.8 Å². The molecule has 12 atom stereocenters. The molecule has 4 fully saturated rings. The van der Waals surface area contributed by atoms with Crippen molar-refractivity contribution in [3.63, 3.8) is 0 Å². The van der Waals surface area contributed by atoms with Gasteiger partial charge in [0.1, 0.15) is 12.2 Å². The van der Waals surface area contributed by atoms with Crippen LogP contribution in [0, 0.1) is 45.3 Å². The highest BCUT2D eigenvalue weighted by Gasteiger charge is 2.69. The molecule has 7 heteroatoms. The monoisotopic (exact) mass is 576 g/mol. The van der Waals surface area contributed by atoms with Crippen LogP contribution in [0.5, 0.6) is 0 Å². The number of hydrogen-bond acceptors (Lipinski definition) is 7. The summed E-state index contributed by atoms with van der Waals surface area (Å²) < 4.78 is 24.2. The molecule has 0 amide bonds. The van der Waals surface area contributed by atoms with Gasteiger partial charge in [-0.25, -0.2) is 0 Å². The Morgan fingerprint density at radius 2 is 1.76 bits per heavy atom. The minimum atomic E-state index is -0.765. The Bertz CT molecular complexity index is 1050.